The molecule has 0 atom stereocenters. The zero-order valence-corrected chi connectivity index (χ0v) is 9.88. The summed E-state index contributed by atoms with van der Waals surface area (Å²) in [6, 6.07) is 13.3. The molecule has 88 valence electrons. The molecule has 3 heteroatoms. The van der Waals surface area contributed by atoms with Gasteiger partial charge in [0.05, 0.1) is 18.7 Å². The first-order valence-corrected chi connectivity index (χ1v) is 5.43. The summed E-state index contributed by atoms with van der Waals surface area (Å²) in [5.74, 6) is -0.404. The molecule has 0 saturated carbocycles. The van der Waals surface area contributed by atoms with Gasteiger partial charge in [0.2, 0.25) is 0 Å². The van der Waals surface area contributed by atoms with Crippen LogP contribution in [0.3, 0.4) is 0 Å². The molecule has 3 nitrogen and oxygen atoms in total. The van der Waals surface area contributed by atoms with E-state index < -0.39 is 5.97 Å². The minimum atomic E-state index is -0.404. The molecule has 0 fully saturated rings. The number of methoxy groups -OCH3 is 1. The molecule has 0 aliphatic heterocycles. The van der Waals surface area contributed by atoms with Gasteiger partial charge >= 0.3 is 5.97 Å². The van der Waals surface area contributed by atoms with Crippen LogP contribution in [0.1, 0.15) is 15.9 Å². The minimum absolute atomic E-state index is 0.404. The van der Waals surface area contributed by atoms with Crippen molar-refractivity contribution in [1.82, 2.24) is 0 Å². The number of carbonyl (C=O) groups excluding carboxylic acids is 1. The van der Waals surface area contributed by atoms with Gasteiger partial charge in [-0.2, -0.15) is 5.26 Å². The summed E-state index contributed by atoms with van der Waals surface area (Å²) in [6.45, 7) is 0. The van der Waals surface area contributed by atoms with Crippen molar-refractivity contribution < 1.29 is 9.53 Å². The number of ether oxygens (including phenoxy) is 1. The van der Waals surface area contributed by atoms with E-state index in [4.69, 9.17) is 10.00 Å². The van der Waals surface area contributed by atoms with E-state index in [1.165, 1.54) is 13.2 Å². The summed E-state index contributed by atoms with van der Waals surface area (Å²) in [4.78, 5) is 11.7. The number of carbonyl (C=O) groups is 1. The summed E-state index contributed by atoms with van der Waals surface area (Å²) in [7, 11) is 1.34. The maximum absolute atomic E-state index is 11.7. The normalized spacial score (nSPS) is 10.4. The van der Waals surface area contributed by atoms with Crippen LogP contribution in [0, 0.1) is 11.3 Å². The highest BCUT2D eigenvalue weighted by Crippen LogP contribution is 2.22. The predicted octanol–water partition coefficient (Wildman–Crippen LogP) is 3.16. The van der Waals surface area contributed by atoms with Crippen molar-refractivity contribution in [2.75, 3.05) is 7.11 Å². The quantitative estimate of drug-likeness (QED) is 0.595. The van der Waals surface area contributed by atoms with Crippen LogP contribution in [0.5, 0.6) is 0 Å². The SMILES string of the molecule is COC(=O)c1cc2ccccc2cc1/C=C/C#N. The molecule has 2 aromatic rings. The number of allylic oxidation sites excluding steroid dienone is 1. The van der Waals surface area contributed by atoms with E-state index in [-0.39, 0.29) is 0 Å². The standard InChI is InChI=1S/C15H11NO2/c1-18-15(17)14-10-12-6-3-2-5-11(12)9-13(14)7-4-8-16/h2-7,9-10H,1H3/b7-4+. The lowest BCUT2D eigenvalue weighted by Crippen LogP contribution is -2.03. The second-order valence-electron chi connectivity index (χ2n) is 3.74. The largest absolute Gasteiger partial charge is 0.465 e. The highest BCUT2D eigenvalue weighted by Gasteiger charge is 2.11. The molecule has 0 saturated heterocycles. The Bertz CT molecular complexity index is 666. The van der Waals surface area contributed by atoms with Crippen molar-refractivity contribution in [2.24, 2.45) is 0 Å². The lowest BCUT2D eigenvalue weighted by Gasteiger charge is -2.06. The van der Waals surface area contributed by atoms with E-state index in [9.17, 15) is 4.79 Å². The van der Waals surface area contributed by atoms with Crippen LogP contribution in [0.2, 0.25) is 0 Å². The van der Waals surface area contributed by atoms with E-state index in [2.05, 4.69) is 0 Å². The fraction of sp³-hybridized carbons (Fsp3) is 0.0667. The molecule has 0 aliphatic rings. The van der Waals surface area contributed by atoms with Crippen molar-refractivity contribution in [1.29, 1.82) is 5.26 Å². The third kappa shape index (κ3) is 2.23. The number of hydrogen-bond donors (Lipinski definition) is 0. The van der Waals surface area contributed by atoms with E-state index in [0.717, 1.165) is 10.8 Å². The number of fused-ring (bicyclic) bond motifs is 1. The molecular formula is C15H11NO2. The Balaban J connectivity index is 2.68. The molecule has 0 heterocycles. The van der Waals surface area contributed by atoms with Gasteiger partial charge in [0.25, 0.3) is 0 Å². The summed E-state index contributed by atoms with van der Waals surface area (Å²) < 4.78 is 4.75. The van der Waals surface area contributed by atoms with E-state index in [1.54, 1.807) is 12.1 Å². The fourth-order valence-electron chi connectivity index (χ4n) is 1.81. The van der Waals surface area contributed by atoms with Gasteiger partial charge < -0.3 is 4.74 Å². The van der Waals surface area contributed by atoms with Crippen LogP contribution in [-0.2, 0) is 4.74 Å². The van der Waals surface area contributed by atoms with Gasteiger partial charge in [-0.25, -0.2) is 4.79 Å². The highest BCUT2D eigenvalue weighted by molar-refractivity contribution is 5.99. The first-order chi connectivity index (χ1) is 8.76. The minimum Gasteiger partial charge on any atom is -0.465 e. The molecular weight excluding hydrogens is 226 g/mol. The smallest absolute Gasteiger partial charge is 0.338 e. The molecule has 0 aromatic heterocycles. The predicted molar refractivity (Wildman–Crippen MR) is 69.9 cm³/mol. The van der Waals surface area contributed by atoms with E-state index in [1.807, 2.05) is 36.4 Å². The Morgan fingerprint density at radius 1 is 1.28 bits per heavy atom. The third-order valence-electron chi connectivity index (χ3n) is 2.66. The van der Waals surface area contributed by atoms with Crippen molar-refractivity contribution in [2.45, 2.75) is 0 Å². The van der Waals surface area contributed by atoms with Gasteiger partial charge in [-0.3, -0.25) is 0 Å². The average Bonchev–Trinajstić information content (AvgIpc) is 2.43. The molecule has 0 aliphatic carbocycles. The number of hydrogen-bond acceptors (Lipinski definition) is 3. The maximum atomic E-state index is 11.7. The van der Waals surface area contributed by atoms with Crippen LogP contribution < -0.4 is 0 Å². The van der Waals surface area contributed by atoms with Gasteiger partial charge in [0.15, 0.2) is 0 Å². The first kappa shape index (κ1) is 11.9. The molecule has 2 rings (SSSR count). The fourth-order valence-corrected chi connectivity index (χ4v) is 1.81. The van der Waals surface area contributed by atoms with Crippen LogP contribution in [0.15, 0.2) is 42.5 Å². The van der Waals surface area contributed by atoms with Crippen LogP contribution in [0.25, 0.3) is 16.8 Å². The second-order valence-corrected chi connectivity index (χ2v) is 3.74. The number of nitriles is 1. The molecule has 0 unspecified atom stereocenters. The summed E-state index contributed by atoms with van der Waals surface area (Å²) in [5.41, 5.74) is 1.14. The Kier molecular flexibility index (Phi) is 3.40. The Morgan fingerprint density at radius 3 is 2.56 bits per heavy atom. The number of nitrogens with zero attached hydrogens (tertiary/aromatic N) is 1. The lowest BCUT2D eigenvalue weighted by molar-refractivity contribution is 0.0600. The number of benzene rings is 2. The molecule has 2 aromatic carbocycles. The zero-order chi connectivity index (χ0) is 13.0. The molecule has 0 radical (unpaired) electrons. The number of rotatable bonds is 2. The molecule has 0 amide bonds. The van der Waals surface area contributed by atoms with Gasteiger partial charge in [-0.1, -0.05) is 24.3 Å². The molecule has 18 heavy (non-hydrogen) atoms. The van der Waals surface area contributed by atoms with E-state index in [0.29, 0.717) is 11.1 Å². The monoisotopic (exact) mass is 237 g/mol. The summed E-state index contributed by atoms with van der Waals surface area (Å²) >= 11 is 0. The lowest BCUT2D eigenvalue weighted by atomic mass is 10.0. The first-order valence-electron chi connectivity index (χ1n) is 5.43. The molecule has 0 bridgehead atoms. The van der Waals surface area contributed by atoms with Gasteiger partial charge in [0, 0.05) is 6.08 Å². The van der Waals surface area contributed by atoms with Gasteiger partial charge in [-0.05, 0) is 34.5 Å². The van der Waals surface area contributed by atoms with Crippen molar-refractivity contribution in [3.8, 4) is 6.07 Å². The third-order valence-corrected chi connectivity index (χ3v) is 2.66. The Hall–Kier alpha value is -2.60. The van der Waals surface area contributed by atoms with E-state index >= 15 is 0 Å². The second kappa shape index (κ2) is 5.15. The highest BCUT2D eigenvalue weighted by atomic mass is 16.5. The van der Waals surface area contributed by atoms with Crippen LogP contribution in [0.4, 0.5) is 0 Å². The van der Waals surface area contributed by atoms with Crippen LogP contribution >= 0.6 is 0 Å². The van der Waals surface area contributed by atoms with Gasteiger partial charge in [-0.15, -0.1) is 0 Å². The molecule has 0 N–H and O–H groups in total. The van der Waals surface area contributed by atoms with Crippen molar-refractivity contribution in [3.05, 3.63) is 53.6 Å². The average molecular weight is 237 g/mol. The van der Waals surface area contributed by atoms with Crippen molar-refractivity contribution >= 4 is 22.8 Å². The zero-order valence-electron chi connectivity index (χ0n) is 9.88. The summed E-state index contributed by atoms with van der Waals surface area (Å²) in [5, 5.41) is 10.6. The summed E-state index contributed by atoms with van der Waals surface area (Å²) in [6.07, 6.45) is 2.95. The van der Waals surface area contributed by atoms with Crippen molar-refractivity contribution in [3.63, 3.8) is 0 Å². The number of esters is 1. The Morgan fingerprint density at radius 2 is 1.94 bits per heavy atom. The van der Waals surface area contributed by atoms with Crippen LogP contribution in [-0.4, -0.2) is 13.1 Å². The van der Waals surface area contributed by atoms with Gasteiger partial charge in [0.1, 0.15) is 0 Å². The topological polar surface area (TPSA) is 50.1 Å². The maximum Gasteiger partial charge on any atom is 0.338 e. The molecule has 0 spiro atoms. The Labute approximate surface area is 105 Å².